The molecule has 128 valence electrons. The van der Waals surface area contributed by atoms with E-state index in [-0.39, 0.29) is 0 Å². The van der Waals surface area contributed by atoms with Gasteiger partial charge in [0.05, 0.1) is 0 Å². The summed E-state index contributed by atoms with van der Waals surface area (Å²) in [5.74, 6) is 0.857. The number of rotatable bonds is 7. The van der Waals surface area contributed by atoms with Crippen LogP contribution in [-0.4, -0.2) is 40.2 Å². The van der Waals surface area contributed by atoms with Crippen LogP contribution >= 0.6 is 0 Å². The first-order valence-electron chi connectivity index (χ1n) is 8.44. The molecule has 0 spiro atoms. The molecule has 0 amide bonds. The van der Waals surface area contributed by atoms with E-state index >= 15 is 0 Å². The fraction of sp³-hybridized carbons (Fsp3) is 0.350. The normalized spacial score (nSPS) is 11.2. The number of benzene rings is 2. The summed E-state index contributed by atoms with van der Waals surface area (Å²) in [5.41, 5.74) is 3.89. The molecule has 4 nitrogen and oxygen atoms in total. The van der Waals surface area contributed by atoms with Crippen LogP contribution in [0.2, 0.25) is 0 Å². The van der Waals surface area contributed by atoms with Gasteiger partial charge in [-0.25, -0.2) is 0 Å². The molecule has 0 atom stereocenters. The van der Waals surface area contributed by atoms with Gasteiger partial charge in [-0.3, -0.25) is 4.99 Å². The van der Waals surface area contributed by atoms with Crippen molar-refractivity contribution in [3.05, 3.63) is 65.7 Å². The lowest BCUT2D eigenvalue weighted by molar-refractivity contribution is 0.784. The number of nitrogens with zero attached hydrogens (tertiary/aromatic N) is 2. The molecule has 0 aliphatic heterocycles. The van der Waals surface area contributed by atoms with E-state index in [1.54, 1.807) is 0 Å². The molecule has 0 aliphatic rings. The van der Waals surface area contributed by atoms with Gasteiger partial charge in [0.25, 0.3) is 0 Å². The van der Waals surface area contributed by atoms with Crippen LogP contribution in [0.15, 0.2) is 59.6 Å². The molecule has 0 saturated heterocycles. The Morgan fingerprint density at radius 3 is 1.88 bits per heavy atom. The maximum absolute atomic E-state index is 4.28. The average molecular weight is 324 g/mol. The molecule has 2 aromatic rings. The van der Waals surface area contributed by atoms with E-state index < -0.39 is 0 Å². The van der Waals surface area contributed by atoms with Gasteiger partial charge in [-0.2, -0.15) is 0 Å². The lowest BCUT2D eigenvalue weighted by Crippen LogP contribution is -2.39. The third kappa shape index (κ3) is 5.95. The Morgan fingerprint density at radius 2 is 1.38 bits per heavy atom. The van der Waals surface area contributed by atoms with Crippen LogP contribution < -0.4 is 15.5 Å². The minimum Gasteiger partial charge on any atom is -0.378 e. The highest BCUT2D eigenvalue weighted by atomic mass is 15.2. The van der Waals surface area contributed by atoms with Crippen LogP contribution in [0.5, 0.6) is 0 Å². The first-order valence-corrected chi connectivity index (χ1v) is 8.44. The third-order valence-corrected chi connectivity index (χ3v) is 3.93. The van der Waals surface area contributed by atoms with Crippen molar-refractivity contribution < 1.29 is 0 Å². The molecule has 4 heteroatoms. The second-order valence-corrected chi connectivity index (χ2v) is 5.97. The molecule has 0 fully saturated rings. The van der Waals surface area contributed by atoms with Gasteiger partial charge in [-0.1, -0.05) is 42.5 Å². The van der Waals surface area contributed by atoms with Gasteiger partial charge in [0, 0.05) is 39.9 Å². The Kier molecular flexibility index (Phi) is 7.15. The van der Waals surface area contributed by atoms with Gasteiger partial charge in [0.2, 0.25) is 0 Å². The molecular formula is C20H28N4. The average Bonchev–Trinajstić information content (AvgIpc) is 2.61. The number of aliphatic imine (C=N–C) groups is 1. The van der Waals surface area contributed by atoms with Crippen molar-refractivity contribution in [3.8, 4) is 0 Å². The minimum atomic E-state index is 0.857. The maximum Gasteiger partial charge on any atom is 0.190 e. The molecule has 0 heterocycles. The van der Waals surface area contributed by atoms with Gasteiger partial charge in [-0.15, -0.1) is 0 Å². The van der Waals surface area contributed by atoms with E-state index in [0.29, 0.717) is 0 Å². The van der Waals surface area contributed by atoms with Crippen LogP contribution in [0.3, 0.4) is 0 Å². The standard InChI is InChI=1S/C20H28N4/c1-21-20(22-15-13-17-7-5-4-6-8-17)23-16-14-18-9-11-19(12-10-18)24(2)3/h4-12H,13-16H2,1-3H3,(H2,21,22,23). The number of hydrogen-bond acceptors (Lipinski definition) is 2. The maximum atomic E-state index is 4.28. The van der Waals surface area contributed by atoms with E-state index in [1.807, 2.05) is 13.1 Å². The van der Waals surface area contributed by atoms with Gasteiger partial charge < -0.3 is 15.5 Å². The van der Waals surface area contributed by atoms with E-state index in [2.05, 4.69) is 83.2 Å². The van der Waals surface area contributed by atoms with Crippen LogP contribution in [-0.2, 0) is 12.8 Å². The monoisotopic (exact) mass is 324 g/mol. The van der Waals surface area contributed by atoms with Crippen molar-refractivity contribution in [2.75, 3.05) is 39.1 Å². The predicted octanol–water partition coefficient (Wildman–Crippen LogP) is 2.70. The van der Waals surface area contributed by atoms with Crippen molar-refractivity contribution in [1.82, 2.24) is 10.6 Å². The summed E-state index contributed by atoms with van der Waals surface area (Å²) in [4.78, 5) is 6.39. The topological polar surface area (TPSA) is 39.7 Å². The first kappa shape index (κ1) is 17.9. The molecule has 0 radical (unpaired) electrons. The quantitative estimate of drug-likeness (QED) is 0.608. The van der Waals surface area contributed by atoms with Crippen molar-refractivity contribution in [2.45, 2.75) is 12.8 Å². The van der Waals surface area contributed by atoms with Crippen molar-refractivity contribution in [3.63, 3.8) is 0 Å². The van der Waals surface area contributed by atoms with E-state index in [4.69, 9.17) is 0 Å². The minimum absolute atomic E-state index is 0.857. The van der Waals surface area contributed by atoms with E-state index in [9.17, 15) is 0 Å². The lowest BCUT2D eigenvalue weighted by atomic mass is 10.1. The summed E-state index contributed by atoms with van der Waals surface area (Å²) < 4.78 is 0. The highest BCUT2D eigenvalue weighted by Crippen LogP contribution is 2.12. The van der Waals surface area contributed by atoms with Gasteiger partial charge in [0.15, 0.2) is 5.96 Å². The predicted molar refractivity (Wildman–Crippen MR) is 104 cm³/mol. The summed E-state index contributed by atoms with van der Waals surface area (Å²) in [6.07, 6.45) is 1.97. The van der Waals surface area contributed by atoms with Crippen LogP contribution in [0, 0.1) is 0 Å². The summed E-state index contributed by atoms with van der Waals surface area (Å²) in [7, 11) is 5.92. The zero-order chi connectivity index (χ0) is 17.2. The second kappa shape index (κ2) is 9.60. The largest absolute Gasteiger partial charge is 0.378 e. The summed E-state index contributed by atoms with van der Waals surface area (Å²) in [6.45, 7) is 1.74. The van der Waals surface area contributed by atoms with Crippen molar-refractivity contribution >= 4 is 11.6 Å². The smallest absolute Gasteiger partial charge is 0.190 e. The van der Waals surface area contributed by atoms with Gasteiger partial charge in [0.1, 0.15) is 0 Å². The Labute approximate surface area is 145 Å². The molecule has 2 aromatic carbocycles. The van der Waals surface area contributed by atoms with Gasteiger partial charge in [-0.05, 0) is 36.1 Å². The summed E-state index contributed by atoms with van der Waals surface area (Å²) in [5, 5.41) is 6.73. The molecule has 0 unspecified atom stereocenters. The summed E-state index contributed by atoms with van der Waals surface area (Å²) in [6, 6.07) is 19.2. The molecule has 0 saturated carbocycles. The fourth-order valence-corrected chi connectivity index (χ4v) is 2.48. The van der Waals surface area contributed by atoms with E-state index in [1.165, 1.54) is 16.8 Å². The Morgan fingerprint density at radius 1 is 0.833 bits per heavy atom. The second-order valence-electron chi connectivity index (χ2n) is 5.97. The molecular weight excluding hydrogens is 296 g/mol. The number of anilines is 1. The van der Waals surface area contributed by atoms with Crippen LogP contribution in [0.25, 0.3) is 0 Å². The molecule has 2 N–H and O–H groups in total. The molecule has 2 rings (SSSR count). The number of hydrogen-bond donors (Lipinski definition) is 2. The fourth-order valence-electron chi connectivity index (χ4n) is 2.48. The van der Waals surface area contributed by atoms with Crippen LogP contribution in [0.1, 0.15) is 11.1 Å². The van der Waals surface area contributed by atoms with Crippen molar-refractivity contribution in [2.24, 2.45) is 4.99 Å². The van der Waals surface area contributed by atoms with Gasteiger partial charge >= 0.3 is 0 Å². The zero-order valence-electron chi connectivity index (χ0n) is 14.9. The lowest BCUT2D eigenvalue weighted by Gasteiger charge is -2.14. The summed E-state index contributed by atoms with van der Waals surface area (Å²) >= 11 is 0. The molecule has 24 heavy (non-hydrogen) atoms. The Hall–Kier alpha value is -2.49. The van der Waals surface area contributed by atoms with Crippen molar-refractivity contribution in [1.29, 1.82) is 0 Å². The Balaban J connectivity index is 1.69. The zero-order valence-corrected chi connectivity index (χ0v) is 14.9. The number of nitrogens with one attached hydrogen (secondary N) is 2. The third-order valence-electron chi connectivity index (χ3n) is 3.93. The molecule has 0 bridgehead atoms. The first-order chi connectivity index (χ1) is 11.7. The van der Waals surface area contributed by atoms with Crippen LogP contribution in [0.4, 0.5) is 5.69 Å². The Bertz CT molecular complexity index is 618. The highest BCUT2D eigenvalue weighted by Gasteiger charge is 1.99. The molecule has 0 aromatic heterocycles. The SMILES string of the molecule is CN=C(NCCc1ccccc1)NCCc1ccc(N(C)C)cc1. The number of guanidine groups is 1. The molecule has 0 aliphatic carbocycles. The highest BCUT2D eigenvalue weighted by molar-refractivity contribution is 5.79. The van der Waals surface area contributed by atoms with E-state index in [0.717, 1.165) is 31.9 Å².